The second-order valence-corrected chi connectivity index (χ2v) is 7.04. The Morgan fingerprint density at radius 1 is 1.16 bits per heavy atom. The van der Waals surface area contributed by atoms with Crippen molar-refractivity contribution in [1.82, 2.24) is 5.32 Å². The van der Waals surface area contributed by atoms with Crippen LogP contribution in [-0.2, 0) is 15.8 Å². The summed E-state index contributed by atoms with van der Waals surface area (Å²) in [7, 11) is 0. The van der Waals surface area contributed by atoms with Crippen molar-refractivity contribution >= 4 is 17.5 Å². The zero-order valence-corrected chi connectivity index (χ0v) is 13.8. The average Bonchev–Trinajstić information content (AvgIpc) is 3.21. The zero-order valence-electron chi connectivity index (χ0n) is 13.8. The van der Waals surface area contributed by atoms with Crippen LogP contribution in [0.25, 0.3) is 0 Å². The maximum Gasteiger partial charge on any atom is 0.416 e. The molecule has 2 aliphatic rings. The molecule has 2 amide bonds. The SMILES string of the molecule is O=C(CC1(C(=O)Nc2cccc(C(F)(F)F)c2)CCCC1)NC1CC1. The Morgan fingerprint density at radius 2 is 1.84 bits per heavy atom. The van der Waals surface area contributed by atoms with E-state index in [0.29, 0.717) is 12.8 Å². The van der Waals surface area contributed by atoms with Crippen molar-refractivity contribution < 1.29 is 22.8 Å². The molecule has 0 atom stereocenters. The van der Waals surface area contributed by atoms with Gasteiger partial charge in [0.1, 0.15) is 0 Å². The third kappa shape index (κ3) is 4.32. The van der Waals surface area contributed by atoms with Crippen LogP contribution in [0.2, 0.25) is 0 Å². The predicted octanol–water partition coefficient (Wildman–Crippen LogP) is 3.87. The highest BCUT2D eigenvalue weighted by atomic mass is 19.4. The minimum absolute atomic E-state index is 0.0916. The van der Waals surface area contributed by atoms with E-state index in [1.807, 2.05) is 0 Å². The number of hydrogen-bond acceptors (Lipinski definition) is 2. The highest BCUT2D eigenvalue weighted by Crippen LogP contribution is 2.42. The Labute approximate surface area is 144 Å². The van der Waals surface area contributed by atoms with Crippen LogP contribution < -0.4 is 10.6 Å². The molecule has 0 heterocycles. The van der Waals surface area contributed by atoms with E-state index in [1.165, 1.54) is 12.1 Å². The molecular weight excluding hydrogens is 333 g/mol. The lowest BCUT2D eigenvalue weighted by Crippen LogP contribution is -2.39. The third-order valence-corrected chi connectivity index (χ3v) is 4.93. The van der Waals surface area contributed by atoms with Gasteiger partial charge in [0.2, 0.25) is 11.8 Å². The van der Waals surface area contributed by atoms with E-state index in [9.17, 15) is 22.8 Å². The third-order valence-electron chi connectivity index (χ3n) is 4.93. The monoisotopic (exact) mass is 354 g/mol. The first-order valence-electron chi connectivity index (χ1n) is 8.57. The van der Waals surface area contributed by atoms with Gasteiger partial charge in [-0.3, -0.25) is 9.59 Å². The van der Waals surface area contributed by atoms with E-state index in [4.69, 9.17) is 0 Å². The fourth-order valence-corrected chi connectivity index (χ4v) is 3.39. The van der Waals surface area contributed by atoms with E-state index in [1.54, 1.807) is 0 Å². The molecule has 0 aromatic heterocycles. The highest BCUT2D eigenvalue weighted by Gasteiger charge is 2.43. The molecule has 2 fully saturated rings. The molecule has 0 aliphatic heterocycles. The lowest BCUT2D eigenvalue weighted by atomic mass is 9.81. The van der Waals surface area contributed by atoms with Crippen LogP contribution in [0.15, 0.2) is 24.3 Å². The topological polar surface area (TPSA) is 58.2 Å². The van der Waals surface area contributed by atoms with E-state index >= 15 is 0 Å². The number of anilines is 1. The number of carbonyl (C=O) groups excluding carboxylic acids is 2. The molecule has 2 aliphatic carbocycles. The molecule has 2 N–H and O–H groups in total. The summed E-state index contributed by atoms with van der Waals surface area (Å²) in [5, 5.41) is 5.48. The smallest absolute Gasteiger partial charge is 0.353 e. The first-order valence-corrected chi connectivity index (χ1v) is 8.57. The number of benzene rings is 1. The van der Waals surface area contributed by atoms with Crippen LogP contribution in [0.5, 0.6) is 0 Å². The van der Waals surface area contributed by atoms with Crippen LogP contribution in [0.3, 0.4) is 0 Å². The van der Waals surface area contributed by atoms with Gasteiger partial charge in [0.25, 0.3) is 0 Å². The van der Waals surface area contributed by atoms with Gasteiger partial charge >= 0.3 is 6.18 Å². The molecule has 1 aromatic rings. The van der Waals surface area contributed by atoms with Crippen molar-refractivity contribution in [1.29, 1.82) is 0 Å². The molecule has 0 bridgehead atoms. The van der Waals surface area contributed by atoms with E-state index in [2.05, 4.69) is 10.6 Å². The van der Waals surface area contributed by atoms with E-state index in [-0.39, 0.29) is 30.0 Å². The molecule has 1 aromatic carbocycles. The maximum absolute atomic E-state index is 12.8. The summed E-state index contributed by atoms with van der Waals surface area (Å²) in [6, 6.07) is 4.80. The lowest BCUT2D eigenvalue weighted by molar-refractivity contribution is -0.137. The number of rotatable bonds is 5. The Hall–Kier alpha value is -2.05. The van der Waals surface area contributed by atoms with Gasteiger partial charge in [-0.15, -0.1) is 0 Å². The molecule has 2 saturated carbocycles. The van der Waals surface area contributed by atoms with Crippen molar-refractivity contribution in [3.8, 4) is 0 Å². The van der Waals surface area contributed by atoms with Crippen LogP contribution in [0.1, 0.15) is 50.5 Å². The van der Waals surface area contributed by atoms with Crippen molar-refractivity contribution in [2.45, 2.75) is 57.2 Å². The normalized spacial score (nSPS) is 19.5. The van der Waals surface area contributed by atoms with Gasteiger partial charge < -0.3 is 10.6 Å². The molecule has 4 nitrogen and oxygen atoms in total. The largest absolute Gasteiger partial charge is 0.416 e. The molecule has 0 spiro atoms. The summed E-state index contributed by atoms with van der Waals surface area (Å²) in [5.74, 6) is -0.515. The lowest BCUT2D eigenvalue weighted by Gasteiger charge is -2.27. The van der Waals surface area contributed by atoms with Crippen LogP contribution in [-0.4, -0.2) is 17.9 Å². The summed E-state index contributed by atoms with van der Waals surface area (Å²) in [5.41, 5.74) is -1.53. The number of alkyl halides is 3. The minimum Gasteiger partial charge on any atom is -0.353 e. The zero-order chi connectivity index (χ0) is 18.1. The van der Waals surface area contributed by atoms with Gasteiger partial charge in [0, 0.05) is 18.2 Å². The number of nitrogens with one attached hydrogen (secondary N) is 2. The molecule has 3 rings (SSSR count). The van der Waals surface area contributed by atoms with Crippen molar-refractivity contribution in [2.24, 2.45) is 5.41 Å². The summed E-state index contributed by atoms with van der Waals surface area (Å²) in [6.45, 7) is 0. The highest BCUT2D eigenvalue weighted by molar-refractivity contribution is 5.98. The van der Waals surface area contributed by atoms with Gasteiger partial charge in [-0.2, -0.15) is 13.2 Å². The number of hydrogen-bond donors (Lipinski definition) is 2. The first-order chi connectivity index (χ1) is 11.8. The van der Waals surface area contributed by atoms with Gasteiger partial charge in [-0.1, -0.05) is 18.9 Å². The van der Waals surface area contributed by atoms with Crippen LogP contribution >= 0.6 is 0 Å². The predicted molar refractivity (Wildman–Crippen MR) is 86.8 cm³/mol. The minimum atomic E-state index is -4.46. The van der Waals surface area contributed by atoms with E-state index in [0.717, 1.165) is 37.8 Å². The van der Waals surface area contributed by atoms with Crippen molar-refractivity contribution in [2.75, 3.05) is 5.32 Å². The Kier molecular flexibility index (Phi) is 4.75. The molecule has 7 heteroatoms. The fourth-order valence-electron chi connectivity index (χ4n) is 3.39. The quantitative estimate of drug-likeness (QED) is 0.843. The number of halogens is 3. The average molecular weight is 354 g/mol. The summed E-state index contributed by atoms with van der Waals surface area (Å²) < 4.78 is 38.4. The van der Waals surface area contributed by atoms with Gasteiger partial charge in [-0.25, -0.2) is 0 Å². The molecule has 0 unspecified atom stereocenters. The maximum atomic E-state index is 12.8. The summed E-state index contributed by atoms with van der Waals surface area (Å²) >= 11 is 0. The van der Waals surface area contributed by atoms with Gasteiger partial charge in [0.05, 0.1) is 11.0 Å². The van der Waals surface area contributed by atoms with Crippen molar-refractivity contribution in [3.05, 3.63) is 29.8 Å². The van der Waals surface area contributed by atoms with Gasteiger partial charge in [-0.05, 0) is 43.9 Å². The second-order valence-electron chi connectivity index (χ2n) is 7.04. The van der Waals surface area contributed by atoms with Crippen LogP contribution in [0.4, 0.5) is 18.9 Å². The standard InChI is InChI=1S/C18H21F3N2O2/c19-18(20,21)12-4-3-5-14(10-12)23-16(25)17(8-1-2-9-17)11-15(24)22-13-6-7-13/h3-5,10,13H,1-2,6-9,11H2,(H,22,24)(H,23,25). The molecule has 0 saturated heterocycles. The fraction of sp³-hybridized carbons (Fsp3) is 0.556. The van der Waals surface area contributed by atoms with Crippen LogP contribution in [0, 0.1) is 5.41 Å². The first kappa shape index (κ1) is 17.8. The number of amides is 2. The molecule has 136 valence electrons. The van der Waals surface area contributed by atoms with Crippen molar-refractivity contribution in [3.63, 3.8) is 0 Å². The molecular formula is C18H21F3N2O2. The Morgan fingerprint density at radius 3 is 2.44 bits per heavy atom. The summed E-state index contributed by atoms with van der Waals surface area (Å²) in [4.78, 5) is 24.9. The molecule has 25 heavy (non-hydrogen) atoms. The molecule has 0 radical (unpaired) electrons. The van der Waals surface area contributed by atoms with Gasteiger partial charge in [0.15, 0.2) is 0 Å². The second kappa shape index (κ2) is 6.69. The Bertz CT molecular complexity index is 663. The Balaban J connectivity index is 1.71. The number of carbonyl (C=O) groups is 2. The summed E-state index contributed by atoms with van der Waals surface area (Å²) in [6.07, 6.45) is 0.403. The van der Waals surface area contributed by atoms with E-state index < -0.39 is 17.2 Å².